The minimum Gasteiger partial charge on any atom is -0.337 e. The van der Waals surface area contributed by atoms with Crippen molar-refractivity contribution < 1.29 is 0 Å². The van der Waals surface area contributed by atoms with E-state index in [1.165, 1.54) is 76.8 Å². The number of nitrogens with zero attached hydrogens (tertiary/aromatic N) is 3. The zero-order valence-corrected chi connectivity index (χ0v) is 13.1. The first kappa shape index (κ1) is 20.8. The lowest BCUT2D eigenvalue weighted by Gasteiger charge is -2.09. The quantitative estimate of drug-likeness (QED) is 0.424. The van der Waals surface area contributed by atoms with Crippen molar-refractivity contribution in [2.45, 2.75) is 58.3 Å². The van der Waals surface area contributed by atoms with Crippen LogP contribution in [0.1, 0.15) is 58.3 Å². The topological polar surface area (TPSA) is 103 Å². The smallest absolute Gasteiger partial charge is 0.173 e. The Labute approximate surface area is 124 Å². The SMILES string of the molecule is CCCCCCCCC1CCN(C)C1.N#CN.N#CN. The van der Waals surface area contributed by atoms with Crippen molar-refractivity contribution in [1.82, 2.24) is 4.90 Å². The first-order valence-electron chi connectivity index (χ1n) is 7.54. The van der Waals surface area contributed by atoms with Crippen molar-refractivity contribution in [2.75, 3.05) is 20.1 Å². The molecule has 4 N–H and O–H groups in total. The fraction of sp³-hybridized carbons (Fsp3) is 0.867. The molecule has 0 spiro atoms. The van der Waals surface area contributed by atoms with Crippen LogP contribution >= 0.6 is 0 Å². The molecule has 0 bridgehead atoms. The Morgan fingerprint density at radius 2 is 1.55 bits per heavy atom. The fourth-order valence-electron chi connectivity index (χ4n) is 2.48. The van der Waals surface area contributed by atoms with Gasteiger partial charge in [-0.25, -0.2) is 0 Å². The predicted octanol–water partition coefficient (Wildman–Crippen LogP) is 2.54. The van der Waals surface area contributed by atoms with Crippen LogP contribution in [0.4, 0.5) is 0 Å². The van der Waals surface area contributed by atoms with Gasteiger partial charge in [-0.3, -0.25) is 0 Å². The van der Waals surface area contributed by atoms with E-state index in [2.05, 4.69) is 30.3 Å². The van der Waals surface area contributed by atoms with E-state index in [1.54, 1.807) is 0 Å². The lowest BCUT2D eigenvalue weighted by atomic mass is 10.00. The molecule has 1 atom stereocenters. The maximum Gasteiger partial charge on any atom is 0.173 e. The van der Waals surface area contributed by atoms with Gasteiger partial charge >= 0.3 is 0 Å². The lowest BCUT2D eigenvalue weighted by molar-refractivity contribution is 0.382. The van der Waals surface area contributed by atoms with Gasteiger partial charge in [0.25, 0.3) is 0 Å². The van der Waals surface area contributed by atoms with Gasteiger partial charge in [-0.05, 0) is 32.4 Å². The van der Waals surface area contributed by atoms with Crippen molar-refractivity contribution >= 4 is 0 Å². The highest BCUT2D eigenvalue weighted by atomic mass is 15.1. The molecule has 1 fully saturated rings. The molecule has 0 saturated carbocycles. The summed E-state index contributed by atoms with van der Waals surface area (Å²) in [5.41, 5.74) is 8.31. The van der Waals surface area contributed by atoms with Crippen LogP contribution < -0.4 is 11.5 Å². The zero-order valence-electron chi connectivity index (χ0n) is 13.1. The van der Waals surface area contributed by atoms with Crippen molar-refractivity contribution in [3.8, 4) is 12.4 Å². The molecule has 1 heterocycles. The summed E-state index contributed by atoms with van der Waals surface area (Å²) in [6.45, 7) is 4.98. The van der Waals surface area contributed by atoms with Crippen LogP contribution in [0.15, 0.2) is 0 Å². The van der Waals surface area contributed by atoms with Crippen molar-refractivity contribution in [1.29, 1.82) is 10.5 Å². The van der Waals surface area contributed by atoms with E-state index in [1.807, 2.05) is 0 Å². The van der Waals surface area contributed by atoms with Gasteiger partial charge in [0.1, 0.15) is 0 Å². The first-order chi connectivity index (χ1) is 9.65. The van der Waals surface area contributed by atoms with Crippen molar-refractivity contribution in [2.24, 2.45) is 17.4 Å². The monoisotopic (exact) mass is 281 g/mol. The average Bonchev–Trinajstić information content (AvgIpc) is 2.81. The normalized spacial score (nSPS) is 16.9. The molecule has 0 aromatic heterocycles. The van der Waals surface area contributed by atoms with Gasteiger partial charge in [-0.2, -0.15) is 10.5 Å². The van der Waals surface area contributed by atoms with Crippen LogP contribution in [-0.2, 0) is 0 Å². The summed E-state index contributed by atoms with van der Waals surface area (Å²) in [7, 11) is 2.25. The maximum absolute atomic E-state index is 7.10. The number of unbranched alkanes of at least 4 members (excludes halogenated alkanes) is 5. The Balaban J connectivity index is 0. The number of likely N-dealkylation sites (tertiary alicyclic amines) is 1. The minimum absolute atomic E-state index is 1.02. The van der Waals surface area contributed by atoms with E-state index >= 15 is 0 Å². The summed E-state index contributed by atoms with van der Waals surface area (Å²) < 4.78 is 0. The van der Waals surface area contributed by atoms with Gasteiger partial charge in [0, 0.05) is 6.54 Å². The highest BCUT2D eigenvalue weighted by Crippen LogP contribution is 2.21. The van der Waals surface area contributed by atoms with E-state index in [0.717, 1.165) is 5.92 Å². The van der Waals surface area contributed by atoms with E-state index in [0.29, 0.717) is 0 Å². The fourth-order valence-corrected chi connectivity index (χ4v) is 2.48. The second kappa shape index (κ2) is 17.5. The second-order valence-electron chi connectivity index (χ2n) is 5.23. The Morgan fingerprint density at radius 1 is 1.05 bits per heavy atom. The highest BCUT2D eigenvalue weighted by Gasteiger charge is 2.18. The standard InChI is InChI=1S/C13H27N.2CH2N2/c1-3-4-5-6-7-8-9-13-10-11-14(2)12-13;2*2-1-3/h13H,3-12H2,1-2H3;2*2H2. The van der Waals surface area contributed by atoms with Gasteiger partial charge in [0.15, 0.2) is 12.4 Å². The minimum atomic E-state index is 1.02. The van der Waals surface area contributed by atoms with Gasteiger partial charge in [-0.15, -0.1) is 0 Å². The molecule has 20 heavy (non-hydrogen) atoms. The van der Waals surface area contributed by atoms with Gasteiger partial charge in [0.2, 0.25) is 0 Å². The molecule has 5 nitrogen and oxygen atoms in total. The summed E-state index contributed by atoms with van der Waals surface area (Å²) in [6.07, 6.45) is 14.1. The summed E-state index contributed by atoms with van der Waals surface area (Å²) in [5, 5.41) is 14.2. The van der Waals surface area contributed by atoms with Crippen molar-refractivity contribution in [3.05, 3.63) is 0 Å². The van der Waals surface area contributed by atoms with Crippen molar-refractivity contribution in [3.63, 3.8) is 0 Å². The third-order valence-corrected chi connectivity index (χ3v) is 3.45. The summed E-state index contributed by atoms with van der Waals surface area (Å²) in [5.74, 6) is 1.02. The highest BCUT2D eigenvalue weighted by molar-refractivity contribution is 4.72. The van der Waals surface area contributed by atoms with E-state index in [-0.39, 0.29) is 0 Å². The molecule has 0 aromatic carbocycles. The average molecular weight is 281 g/mol. The van der Waals surface area contributed by atoms with Crippen LogP contribution in [0, 0.1) is 28.8 Å². The lowest BCUT2D eigenvalue weighted by Crippen LogP contribution is -2.13. The molecule has 0 radical (unpaired) electrons. The molecule has 1 saturated heterocycles. The third kappa shape index (κ3) is 16.5. The first-order valence-corrected chi connectivity index (χ1v) is 7.54. The second-order valence-corrected chi connectivity index (χ2v) is 5.23. The molecule has 1 unspecified atom stereocenters. The van der Waals surface area contributed by atoms with Crippen LogP contribution in [0.2, 0.25) is 0 Å². The largest absolute Gasteiger partial charge is 0.337 e. The Bertz CT molecular complexity index is 254. The Morgan fingerprint density at radius 3 is 2.00 bits per heavy atom. The molecule has 0 amide bonds. The number of nitriles is 2. The molecule has 0 aromatic rings. The molecule has 1 aliphatic rings. The maximum atomic E-state index is 7.10. The zero-order chi connectivity index (χ0) is 15.6. The van der Waals surface area contributed by atoms with E-state index in [4.69, 9.17) is 10.5 Å². The third-order valence-electron chi connectivity index (χ3n) is 3.45. The molecule has 0 aliphatic carbocycles. The van der Waals surface area contributed by atoms with Crippen LogP contribution in [0.3, 0.4) is 0 Å². The van der Waals surface area contributed by atoms with Gasteiger partial charge in [0.05, 0.1) is 0 Å². The van der Waals surface area contributed by atoms with Crippen LogP contribution in [-0.4, -0.2) is 25.0 Å². The van der Waals surface area contributed by atoms with Crippen LogP contribution in [0.25, 0.3) is 0 Å². The molecule has 1 rings (SSSR count). The summed E-state index contributed by atoms with van der Waals surface area (Å²) >= 11 is 0. The summed E-state index contributed by atoms with van der Waals surface area (Å²) in [6, 6.07) is 0. The predicted molar refractivity (Wildman–Crippen MR) is 83.2 cm³/mol. The van der Waals surface area contributed by atoms with E-state index < -0.39 is 0 Å². The Kier molecular flexibility index (Phi) is 18.3. The van der Waals surface area contributed by atoms with E-state index in [9.17, 15) is 0 Å². The molecule has 116 valence electrons. The molecule has 5 heteroatoms. The van der Waals surface area contributed by atoms with Crippen LogP contribution in [0.5, 0.6) is 0 Å². The molecular weight excluding hydrogens is 250 g/mol. The van der Waals surface area contributed by atoms with Gasteiger partial charge < -0.3 is 16.4 Å². The molecular formula is C15H31N5. The number of hydrogen-bond donors (Lipinski definition) is 2. The summed E-state index contributed by atoms with van der Waals surface area (Å²) in [4.78, 5) is 2.47. The Hall–Kier alpha value is -1.46. The number of nitrogens with two attached hydrogens (primary N) is 2. The number of rotatable bonds is 7. The molecule has 1 aliphatic heterocycles. The van der Waals surface area contributed by atoms with Gasteiger partial charge in [-0.1, -0.05) is 45.4 Å². The number of hydrogen-bond acceptors (Lipinski definition) is 5.